The molecule has 3 heteroatoms. The summed E-state index contributed by atoms with van der Waals surface area (Å²) in [6.07, 6.45) is 1.24. The summed E-state index contributed by atoms with van der Waals surface area (Å²) >= 11 is 4.23. The molecule has 0 aromatic heterocycles. The van der Waals surface area contributed by atoms with Crippen LogP contribution in [0.3, 0.4) is 0 Å². The monoisotopic (exact) mass is 139 g/mol. The van der Waals surface area contributed by atoms with Crippen molar-refractivity contribution in [1.82, 2.24) is 5.32 Å². The van der Waals surface area contributed by atoms with Crippen LogP contribution in [0.4, 0.5) is 0 Å². The molecule has 0 unspecified atom stereocenters. The van der Waals surface area contributed by atoms with Crippen LogP contribution in [0.25, 0.3) is 0 Å². The average molecular weight is 140 g/mol. The molecule has 1 aliphatic heterocycles. The maximum Gasteiger partial charge on any atom is 0.0154 e. The van der Waals surface area contributed by atoms with Crippen molar-refractivity contribution in [2.45, 2.75) is 11.7 Å². The lowest BCUT2D eigenvalue weighted by Gasteiger charge is -1.89. The second-order valence-electron chi connectivity index (χ2n) is 1.65. The third kappa shape index (κ3) is 2.42. The minimum absolute atomic E-state index is 0. The number of hydrogen-bond donors (Lipinski definition) is 2. The lowest BCUT2D eigenvalue weighted by Crippen LogP contribution is -2.07. The van der Waals surface area contributed by atoms with Gasteiger partial charge in [-0.2, -0.15) is 12.6 Å². The minimum atomic E-state index is 0. The molecule has 0 spiro atoms. The average Bonchev–Trinajstić information content (AvgIpc) is 1.86. The van der Waals surface area contributed by atoms with Crippen LogP contribution in [0, 0.1) is 0 Å². The van der Waals surface area contributed by atoms with Gasteiger partial charge >= 0.3 is 0 Å². The Hall–Kier alpha value is 0.600. The molecule has 1 heterocycles. The van der Waals surface area contributed by atoms with E-state index in [1.807, 2.05) is 0 Å². The van der Waals surface area contributed by atoms with Gasteiger partial charge < -0.3 is 5.32 Å². The van der Waals surface area contributed by atoms with Gasteiger partial charge in [-0.05, 0) is 13.0 Å². The van der Waals surface area contributed by atoms with Crippen LogP contribution in [0.2, 0.25) is 0 Å². The first-order valence-corrected chi connectivity index (χ1v) is 2.80. The van der Waals surface area contributed by atoms with Crippen LogP contribution in [-0.2, 0) is 0 Å². The van der Waals surface area contributed by atoms with Crippen molar-refractivity contribution in [3.63, 3.8) is 0 Å². The van der Waals surface area contributed by atoms with Gasteiger partial charge in [-0.15, -0.1) is 12.4 Å². The second kappa shape index (κ2) is 3.58. The molecule has 1 saturated heterocycles. The van der Waals surface area contributed by atoms with Crippen molar-refractivity contribution in [1.29, 1.82) is 0 Å². The zero-order valence-electron chi connectivity index (χ0n) is 4.05. The van der Waals surface area contributed by atoms with E-state index in [0.29, 0.717) is 5.25 Å². The Balaban J connectivity index is 0.000000360. The third-order valence-electron chi connectivity index (χ3n) is 1.03. The van der Waals surface area contributed by atoms with E-state index in [1.54, 1.807) is 0 Å². The van der Waals surface area contributed by atoms with Gasteiger partial charge in [0.25, 0.3) is 0 Å². The molecule has 1 nitrogen and oxygen atoms in total. The zero-order valence-corrected chi connectivity index (χ0v) is 5.77. The summed E-state index contributed by atoms with van der Waals surface area (Å²) in [5.41, 5.74) is 0. The van der Waals surface area contributed by atoms with Crippen LogP contribution in [-0.4, -0.2) is 18.3 Å². The van der Waals surface area contributed by atoms with Crippen LogP contribution in [0.5, 0.6) is 0 Å². The molecule has 0 aromatic rings. The van der Waals surface area contributed by atoms with Gasteiger partial charge in [0.05, 0.1) is 0 Å². The van der Waals surface area contributed by atoms with Crippen molar-refractivity contribution in [3.05, 3.63) is 0 Å². The van der Waals surface area contributed by atoms with E-state index in [2.05, 4.69) is 17.9 Å². The van der Waals surface area contributed by atoms with Gasteiger partial charge in [0, 0.05) is 11.8 Å². The summed E-state index contributed by atoms with van der Waals surface area (Å²) in [6.45, 7) is 2.26. The van der Waals surface area contributed by atoms with E-state index in [0.717, 1.165) is 13.1 Å². The molecule has 0 radical (unpaired) electrons. The molecule has 1 fully saturated rings. The molecule has 44 valence electrons. The first-order valence-electron chi connectivity index (χ1n) is 2.28. The minimum Gasteiger partial charge on any atom is -0.316 e. The Morgan fingerprint density at radius 3 is 2.43 bits per heavy atom. The predicted molar refractivity (Wildman–Crippen MR) is 37.5 cm³/mol. The molecule has 1 N–H and O–H groups in total. The van der Waals surface area contributed by atoms with Crippen LogP contribution in [0.1, 0.15) is 6.42 Å². The number of rotatable bonds is 0. The van der Waals surface area contributed by atoms with E-state index in [4.69, 9.17) is 0 Å². The summed E-state index contributed by atoms with van der Waals surface area (Å²) in [5.74, 6) is 0. The van der Waals surface area contributed by atoms with Gasteiger partial charge in [-0.3, -0.25) is 0 Å². The topological polar surface area (TPSA) is 12.0 Å². The summed E-state index contributed by atoms with van der Waals surface area (Å²) in [4.78, 5) is 0. The largest absolute Gasteiger partial charge is 0.316 e. The van der Waals surface area contributed by atoms with Crippen molar-refractivity contribution < 1.29 is 0 Å². The van der Waals surface area contributed by atoms with E-state index in [9.17, 15) is 0 Å². The van der Waals surface area contributed by atoms with E-state index in [-0.39, 0.29) is 12.4 Å². The van der Waals surface area contributed by atoms with Crippen LogP contribution >= 0.6 is 25.0 Å². The molecule has 7 heavy (non-hydrogen) atoms. The lowest BCUT2D eigenvalue weighted by atomic mass is 10.4. The van der Waals surface area contributed by atoms with Crippen molar-refractivity contribution in [2.24, 2.45) is 0 Å². The number of halogens is 1. The maximum absolute atomic E-state index is 4.23. The number of hydrogen-bond acceptors (Lipinski definition) is 2. The molecule has 0 amide bonds. The van der Waals surface area contributed by atoms with Crippen molar-refractivity contribution in [2.75, 3.05) is 13.1 Å². The lowest BCUT2D eigenvalue weighted by molar-refractivity contribution is 0.859. The highest BCUT2D eigenvalue weighted by Gasteiger charge is 2.07. The Morgan fingerprint density at radius 1 is 1.57 bits per heavy atom. The van der Waals surface area contributed by atoms with Gasteiger partial charge in [0.1, 0.15) is 0 Å². The second-order valence-corrected chi connectivity index (χ2v) is 2.38. The molecule has 0 bridgehead atoms. The Bertz CT molecular complexity index is 45.0. The summed E-state index contributed by atoms with van der Waals surface area (Å²) in [6, 6.07) is 0. The fourth-order valence-corrected chi connectivity index (χ4v) is 0.898. The molecule has 1 aliphatic rings. The Kier molecular flexibility index (Phi) is 3.89. The Labute approximate surface area is 55.7 Å². The van der Waals surface area contributed by atoms with Crippen molar-refractivity contribution >= 4 is 25.0 Å². The highest BCUT2D eigenvalue weighted by molar-refractivity contribution is 7.81. The van der Waals surface area contributed by atoms with Crippen LogP contribution < -0.4 is 5.32 Å². The highest BCUT2D eigenvalue weighted by Crippen LogP contribution is 2.02. The summed E-state index contributed by atoms with van der Waals surface area (Å²) in [5, 5.41) is 3.83. The zero-order chi connectivity index (χ0) is 4.41. The molecule has 0 aliphatic carbocycles. The molecule has 0 saturated carbocycles. The smallest absolute Gasteiger partial charge is 0.0154 e. The summed E-state index contributed by atoms with van der Waals surface area (Å²) in [7, 11) is 0. The predicted octanol–water partition coefficient (Wildman–Crippen LogP) is 0.700. The van der Waals surface area contributed by atoms with Gasteiger partial charge in [0.2, 0.25) is 0 Å². The van der Waals surface area contributed by atoms with Crippen molar-refractivity contribution in [3.8, 4) is 0 Å². The fourth-order valence-electron chi connectivity index (χ4n) is 0.639. The maximum atomic E-state index is 4.23. The fraction of sp³-hybridized carbons (Fsp3) is 1.00. The standard InChI is InChI=1S/C4H9NS.ClH/c6-4-1-2-5-3-4;/h4-6H,1-3H2;1H/t4-;/m1./s1. The first kappa shape index (κ1) is 7.60. The van der Waals surface area contributed by atoms with Gasteiger partial charge in [0.15, 0.2) is 0 Å². The number of nitrogens with one attached hydrogen (secondary N) is 1. The third-order valence-corrected chi connectivity index (χ3v) is 1.48. The van der Waals surface area contributed by atoms with Gasteiger partial charge in [-0.25, -0.2) is 0 Å². The van der Waals surface area contributed by atoms with Crippen LogP contribution in [0.15, 0.2) is 0 Å². The molecule has 0 aromatic carbocycles. The summed E-state index contributed by atoms with van der Waals surface area (Å²) < 4.78 is 0. The van der Waals surface area contributed by atoms with Gasteiger partial charge in [-0.1, -0.05) is 0 Å². The first-order chi connectivity index (χ1) is 2.89. The molecule has 1 atom stereocenters. The van der Waals surface area contributed by atoms with E-state index in [1.165, 1.54) is 6.42 Å². The molecule has 1 rings (SSSR count). The quantitative estimate of drug-likeness (QED) is 0.471. The van der Waals surface area contributed by atoms with E-state index >= 15 is 0 Å². The SMILES string of the molecule is Cl.S[C@@H]1CCNC1. The number of thiol groups is 1. The molecular weight excluding hydrogens is 130 g/mol. The highest BCUT2D eigenvalue weighted by atomic mass is 35.5. The normalized spacial score (nSPS) is 29.6. The molecular formula is C4H10ClNS. The van der Waals surface area contributed by atoms with E-state index < -0.39 is 0 Å². The Morgan fingerprint density at radius 2 is 2.29 bits per heavy atom.